The van der Waals surface area contributed by atoms with Gasteiger partial charge in [-0.15, -0.1) is 0 Å². The number of sulfonamides is 1. The lowest BCUT2D eigenvalue weighted by Gasteiger charge is -2.34. The minimum Gasteiger partial charge on any atom is -0.316 e. The lowest BCUT2D eigenvalue weighted by molar-refractivity contribution is -0.387. The van der Waals surface area contributed by atoms with E-state index in [9.17, 15) is 18.5 Å². The molecule has 1 aromatic carbocycles. The first-order chi connectivity index (χ1) is 10.6. The zero-order chi connectivity index (χ0) is 17.3. The Morgan fingerprint density at radius 2 is 2.00 bits per heavy atom. The van der Waals surface area contributed by atoms with E-state index in [1.54, 1.807) is 13.8 Å². The number of hydrogen-bond donors (Lipinski definition) is 2. The van der Waals surface area contributed by atoms with Crippen molar-refractivity contribution in [1.82, 2.24) is 10.0 Å². The van der Waals surface area contributed by atoms with Crippen LogP contribution in [-0.2, 0) is 10.0 Å². The zero-order valence-corrected chi connectivity index (χ0v) is 14.5. The maximum Gasteiger partial charge on any atom is 0.289 e. The van der Waals surface area contributed by atoms with E-state index >= 15 is 0 Å². The molecule has 0 bridgehead atoms. The zero-order valence-electron chi connectivity index (χ0n) is 13.7. The quantitative estimate of drug-likeness (QED) is 0.629. The van der Waals surface area contributed by atoms with Gasteiger partial charge in [-0.2, -0.15) is 0 Å². The molecule has 1 fully saturated rings. The summed E-state index contributed by atoms with van der Waals surface area (Å²) in [5.74, 6) is 0. The van der Waals surface area contributed by atoms with E-state index in [0.717, 1.165) is 25.9 Å². The molecule has 23 heavy (non-hydrogen) atoms. The summed E-state index contributed by atoms with van der Waals surface area (Å²) in [4.78, 5) is 10.3. The Kier molecular flexibility index (Phi) is 5.07. The van der Waals surface area contributed by atoms with E-state index in [-0.39, 0.29) is 22.5 Å². The number of nitrogens with zero attached hydrogens (tertiary/aromatic N) is 1. The molecule has 0 amide bonds. The normalized spacial score (nSPS) is 22.0. The summed E-state index contributed by atoms with van der Waals surface area (Å²) < 4.78 is 27.7. The van der Waals surface area contributed by atoms with Crippen LogP contribution in [0.15, 0.2) is 17.0 Å². The molecule has 1 heterocycles. The van der Waals surface area contributed by atoms with Crippen LogP contribution in [0, 0.1) is 29.4 Å². The van der Waals surface area contributed by atoms with Crippen LogP contribution in [0.1, 0.15) is 30.9 Å². The third-order valence-electron chi connectivity index (χ3n) is 4.44. The number of benzene rings is 1. The van der Waals surface area contributed by atoms with E-state index in [1.807, 2.05) is 6.92 Å². The largest absolute Gasteiger partial charge is 0.316 e. The number of hydrogen-bond acceptors (Lipinski definition) is 5. The minimum absolute atomic E-state index is 0.181. The van der Waals surface area contributed by atoms with Gasteiger partial charge in [0.15, 0.2) is 4.90 Å². The van der Waals surface area contributed by atoms with Crippen LogP contribution in [0.4, 0.5) is 5.69 Å². The predicted molar refractivity (Wildman–Crippen MR) is 88.0 cm³/mol. The smallest absolute Gasteiger partial charge is 0.289 e. The Morgan fingerprint density at radius 1 is 1.35 bits per heavy atom. The Bertz CT molecular complexity index is 710. The van der Waals surface area contributed by atoms with Gasteiger partial charge in [-0.05, 0) is 55.8 Å². The number of nitro groups is 1. The Hall–Kier alpha value is -1.51. The fourth-order valence-electron chi connectivity index (χ4n) is 2.75. The maximum atomic E-state index is 12.6. The Labute approximate surface area is 136 Å². The third-order valence-corrected chi connectivity index (χ3v) is 5.87. The molecule has 1 aliphatic rings. The number of aryl methyl sites for hydroxylation is 2. The van der Waals surface area contributed by atoms with Gasteiger partial charge in [-0.25, -0.2) is 13.1 Å². The van der Waals surface area contributed by atoms with Crippen LogP contribution >= 0.6 is 0 Å². The highest BCUT2D eigenvalue weighted by Crippen LogP contribution is 2.29. The lowest BCUT2D eigenvalue weighted by Crippen LogP contribution is -2.45. The van der Waals surface area contributed by atoms with Crippen molar-refractivity contribution in [2.24, 2.45) is 5.41 Å². The minimum atomic E-state index is -3.93. The molecule has 1 atom stereocenters. The molecule has 1 unspecified atom stereocenters. The van der Waals surface area contributed by atoms with Crippen LogP contribution in [-0.4, -0.2) is 33.0 Å². The second-order valence-corrected chi connectivity index (χ2v) is 8.31. The van der Waals surface area contributed by atoms with Gasteiger partial charge < -0.3 is 5.32 Å². The predicted octanol–water partition coefficient (Wildman–Crippen LogP) is 1.88. The molecule has 8 heteroatoms. The average Bonchev–Trinajstić information content (AvgIpc) is 2.48. The van der Waals surface area contributed by atoms with Crippen LogP contribution in [0.2, 0.25) is 0 Å². The highest BCUT2D eigenvalue weighted by Gasteiger charge is 2.31. The molecule has 128 valence electrons. The monoisotopic (exact) mass is 341 g/mol. The third kappa shape index (κ3) is 4.07. The highest BCUT2D eigenvalue weighted by atomic mass is 32.2. The molecule has 1 saturated heterocycles. The fraction of sp³-hybridized carbons (Fsp3) is 0.600. The van der Waals surface area contributed by atoms with Gasteiger partial charge in [0.1, 0.15) is 0 Å². The Balaban J connectivity index is 2.29. The topological polar surface area (TPSA) is 101 Å². The van der Waals surface area contributed by atoms with E-state index in [1.165, 1.54) is 12.1 Å². The highest BCUT2D eigenvalue weighted by molar-refractivity contribution is 7.89. The van der Waals surface area contributed by atoms with E-state index in [0.29, 0.717) is 11.1 Å². The number of piperidine rings is 1. The maximum absolute atomic E-state index is 12.6. The summed E-state index contributed by atoms with van der Waals surface area (Å²) in [5, 5.41) is 14.5. The number of nitro benzene ring substituents is 1. The molecule has 2 N–H and O–H groups in total. The van der Waals surface area contributed by atoms with E-state index in [2.05, 4.69) is 10.0 Å². The summed E-state index contributed by atoms with van der Waals surface area (Å²) in [5.41, 5.74) is 0.841. The van der Waals surface area contributed by atoms with Crippen molar-refractivity contribution in [2.45, 2.75) is 38.5 Å². The van der Waals surface area contributed by atoms with Gasteiger partial charge in [-0.3, -0.25) is 10.1 Å². The van der Waals surface area contributed by atoms with Crippen LogP contribution in [0.25, 0.3) is 0 Å². The summed E-state index contributed by atoms with van der Waals surface area (Å²) in [6, 6.07) is 2.69. The second kappa shape index (κ2) is 6.54. The number of nitrogens with one attached hydrogen (secondary N) is 2. The first-order valence-corrected chi connectivity index (χ1v) is 9.09. The molecule has 0 spiro atoms. The van der Waals surface area contributed by atoms with Crippen molar-refractivity contribution < 1.29 is 13.3 Å². The second-order valence-electron chi connectivity index (χ2n) is 6.58. The van der Waals surface area contributed by atoms with Gasteiger partial charge in [0.05, 0.1) is 4.92 Å². The fourth-order valence-corrected chi connectivity index (χ4v) is 4.18. The SMILES string of the molecule is Cc1cc([N+](=O)[O-])c(S(=O)(=O)NCC2(C)CCCNC2)cc1C. The molecule has 0 radical (unpaired) electrons. The van der Waals surface area contributed by atoms with Gasteiger partial charge in [0.25, 0.3) is 5.69 Å². The molecular weight excluding hydrogens is 318 g/mol. The first-order valence-electron chi connectivity index (χ1n) is 7.61. The van der Waals surface area contributed by atoms with Crippen molar-refractivity contribution in [2.75, 3.05) is 19.6 Å². The standard InChI is InChI=1S/C15H23N3O4S/c1-11-7-13(18(19)20)14(8-12(11)2)23(21,22)17-10-15(3)5-4-6-16-9-15/h7-8,16-17H,4-6,9-10H2,1-3H3. The molecule has 1 aliphatic heterocycles. The molecule has 0 aliphatic carbocycles. The van der Waals surface area contributed by atoms with Crippen molar-refractivity contribution in [3.8, 4) is 0 Å². The molecule has 1 aromatic rings. The van der Waals surface area contributed by atoms with Crippen molar-refractivity contribution in [1.29, 1.82) is 0 Å². The van der Waals surface area contributed by atoms with Gasteiger partial charge in [-0.1, -0.05) is 6.92 Å². The summed E-state index contributed by atoms with van der Waals surface area (Å²) in [6.45, 7) is 7.39. The van der Waals surface area contributed by atoms with Crippen LogP contribution in [0.3, 0.4) is 0 Å². The summed E-state index contributed by atoms with van der Waals surface area (Å²) in [6.07, 6.45) is 1.90. The molecular formula is C15H23N3O4S. The molecule has 7 nitrogen and oxygen atoms in total. The van der Waals surface area contributed by atoms with Crippen LogP contribution < -0.4 is 10.0 Å². The molecule has 0 aromatic heterocycles. The van der Waals surface area contributed by atoms with E-state index in [4.69, 9.17) is 0 Å². The summed E-state index contributed by atoms with van der Waals surface area (Å²) in [7, 11) is -3.93. The molecule has 0 saturated carbocycles. The molecule has 2 rings (SSSR count). The average molecular weight is 341 g/mol. The van der Waals surface area contributed by atoms with Crippen molar-refractivity contribution >= 4 is 15.7 Å². The summed E-state index contributed by atoms with van der Waals surface area (Å²) >= 11 is 0. The lowest BCUT2D eigenvalue weighted by atomic mass is 9.83. The first kappa shape index (κ1) is 17.8. The van der Waals surface area contributed by atoms with Gasteiger partial charge in [0.2, 0.25) is 10.0 Å². The van der Waals surface area contributed by atoms with Crippen molar-refractivity contribution in [3.63, 3.8) is 0 Å². The van der Waals surface area contributed by atoms with Crippen molar-refractivity contribution in [3.05, 3.63) is 33.4 Å². The van der Waals surface area contributed by atoms with E-state index < -0.39 is 14.9 Å². The Morgan fingerprint density at radius 3 is 2.57 bits per heavy atom. The van der Waals surface area contributed by atoms with Crippen LogP contribution in [0.5, 0.6) is 0 Å². The number of rotatable bonds is 5. The van der Waals surface area contributed by atoms with Gasteiger partial charge >= 0.3 is 0 Å². The van der Waals surface area contributed by atoms with Gasteiger partial charge in [0, 0.05) is 19.2 Å².